The van der Waals surface area contributed by atoms with Crippen LogP contribution in [-0.4, -0.2) is 23.6 Å². The summed E-state index contributed by atoms with van der Waals surface area (Å²) >= 11 is 0. The molecule has 0 amide bonds. The highest BCUT2D eigenvalue weighted by molar-refractivity contribution is 5.25. The molecule has 1 aliphatic heterocycles. The van der Waals surface area contributed by atoms with Crippen LogP contribution in [0, 0.1) is 11.8 Å². The van der Waals surface area contributed by atoms with Gasteiger partial charge in [-0.25, -0.2) is 0 Å². The van der Waals surface area contributed by atoms with Crippen molar-refractivity contribution in [3.63, 3.8) is 0 Å². The smallest absolute Gasteiger partial charge is 0.119 e. The Balaban J connectivity index is 1.60. The summed E-state index contributed by atoms with van der Waals surface area (Å²) in [5.41, 5.74) is 1.77. The van der Waals surface area contributed by atoms with Crippen LogP contribution >= 0.6 is 0 Å². The molecular weight excluding hydrogens is 282 g/mol. The number of benzene rings is 1. The molecule has 3 rings (SSSR count). The predicted molar refractivity (Wildman–Crippen MR) is 96.5 cm³/mol. The van der Waals surface area contributed by atoms with E-state index in [1.807, 2.05) is 30.3 Å². The number of para-hydroxylation sites is 1. The maximum absolute atomic E-state index is 5.86. The molecule has 0 aromatic heterocycles. The van der Waals surface area contributed by atoms with Crippen molar-refractivity contribution in [2.75, 3.05) is 13.2 Å². The lowest BCUT2D eigenvalue weighted by atomic mass is 9.72. The summed E-state index contributed by atoms with van der Waals surface area (Å²) in [4.78, 5) is 2.63. The highest BCUT2D eigenvalue weighted by atomic mass is 16.5. The van der Waals surface area contributed by atoms with E-state index in [2.05, 4.69) is 43.9 Å². The van der Waals surface area contributed by atoms with Gasteiger partial charge in [-0.2, -0.15) is 0 Å². The second-order valence-corrected chi connectivity index (χ2v) is 7.52. The number of likely N-dealkylation sites (tertiary alicyclic amines) is 1. The van der Waals surface area contributed by atoms with Crippen molar-refractivity contribution in [3.8, 4) is 5.75 Å². The van der Waals surface area contributed by atoms with Crippen LogP contribution in [0.25, 0.3) is 0 Å². The minimum atomic E-state index is 0.236. The van der Waals surface area contributed by atoms with Crippen molar-refractivity contribution in [2.24, 2.45) is 11.8 Å². The minimum Gasteiger partial charge on any atom is -0.494 e. The van der Waals surface area contributed by atoms with E-state index in [1.54, 1.807) is 0 Å². The zero-order valence-corrected chi connectivity index (χ0v) is 14.7. The van der Waals surface area contributed by atoms with Gasteiger partial charge in [0.1, 0.15) is 5.75 Å². The van der Waals surface area contributed by atoms with E-state index in [1.165, 1.54) is 18.5 Å². The van der Waals surface area contributed by atoms with E-state index in [4.69, 9.17) is 4.74 Å². The van der Waals surface area contributed by atoms with Gasteiger partial charge in [0.25, 0.3) is 0 Å². The Labute approximate surface area is 140 Å². The SMILES string of the molecule is CC1CC(C)(C)N(CCCOc2ccccc2)C2=CC=CCC21. The first-order valence-corrected chi connectivity index (χ1v) is 8.90. The summed E-state index contributed by atoms with van der Waals surface area (Å²) in [6.45, 7) is 9.03. The molecule has 2 heteroatoms. The second-order valence-electron chi connectivity index (χ2n) is 7.52. The fraction of sp³-hybridized carbons (Fsp3) is 0.524. The zero-order chi connectivity index (χ0) is 16.3. The molecule has 23 heavy (non-hydrogen) atoms. The second kappa shape index (κ2) is 6.82. The third-order valence-corrected chi connectivity index (χ3v) is 5.26. The number of allylic oxidation sites excluding steroid dienone is 4. The van der Waals surface area contributed by atoms with Gasteiger partial charge in [0, 0.05) is 23.7 Å². The average molecular weight is 311 g/mol. The first-order chi connectivity index (χ1) is 11.1. The summed E-state index contributed by atoms with van der Waals surface area (Å²) in [7, 11) is 0. The first-order valence-electron chi connectivity index (χ1n) is 8.90. The van der Waals surface area contributed by atoms with Crippen LogP contribution in [0.5, 0.6) is 5.75 Å². The molecule has 2 aliphatic rings. The molecule has 1 fully saturated rings. The number of fused-ring (bicyclic) bond motifs is 1. The summed E-state index contributed by atoms with van der Waals surface area (Å²) in [5, 5.41) is 0. The molecule has 2 atom stereocenters. The van der Waals surface area contributed by atoms with E-state index in [9.17, 15) is 0 Å². The van der Waals surface area contributed by atoms with E-state index in [0.29, 0.717) is 5.92 Å². The predicted octanol–water partition coefficient (Wildman–Crippen LogP) is 5.04. The maximum atomic E-state index is 5.86. The minimum absolute atomic E-state index is 0.236. The molecule has 124 valence electrons. The Hall–Kier alpha value is -1.70. The fourth-order valence-corrected chi connectivity index (χ4v) is 4.20. The lowest BCUT2D eigenvalue weighted by molar-refractivity contribution is 0.0552. The number of hydrogen-bond donors (Lipinski definition) is 0. The van der Waals surface area contributed by atoms with Gasteiger partial charge in [0.05, 0.1) is 6.61 Å². The van der Waals surface area contributed by atoms with Gasteiger partial charge in [-0.1, -0.05) is 37.3 Å². The lowest BCUT2D eigenvalue weighted by Gasteiger charge is -2.52. The Kier molecular flexibility index (Phi) is 4.79. The van der Waals surface area contributed by atoms with Crippen molar-refractivity contribution >= 4 is 0 Å². The van der Waals surface area contributed by atoms with Gasteiger partial charge >= 0.3 is 0 Å². The van der Waals surface area contributed by atoms with E-state index >= 15 is 0 Å². The first kappa shape index (κ1) is 16.2. The molecule has 2 unspecified atom stereocenters. The third-order valence-electron chi connectivity index (χ3n) is 5.26. The highest BCUT2D eigenvalue weighted by Crippen LogP contribution is 2.44. The fourth-order valence-electron chi connectivity index (χ4n) is 4.20. The van der Waals surface area contributed by atoms with Gasteiger partial charge < -0.3 is 9.64 Å². The van der Waals surface area contributed by atoms with Crippen LogP contribution in [0.15, 0.2) is 54.3 Å². The Morgan fingerprint density at radius 2 is 2.00 bits per heavy atom. The quantitative estimate of drug-likeness (QED) is 0.707. The number of ether oxygens (including phenoxy) is 1. The number of rotatable bonds is 5. The van der Waals surface area contributed by atoms with E-state index < -0.39 is 0 Å². The molecule has 1 aromatic carbocycles. The number of piperidine rings is 1. The van der Waals surface area contributed by atoms with Crippen molar-refractivity contribution < 1.29 is 4.74 Å². The van der Waals surface area contributed by atoms with Gasteiger partial charge in [0.2, 0.25) is 0 Å². The third kappa shape index (κ3) is 3.63. The molecule has 0 bridgehead atoms. The van der Waals surface area contributed by atoms with Crippen LogP contribution in [0.3, 0.4) is 0 Å². The van der Waals surface area contributed by atoms with Crippen molar-refractivity contribution in [2.45, 2.75) is 45.6 Å². The molecular formula is C21H29NO. The molecule has 0 spiro atoms. The zero-order valence-electron chi connectivity index (χ0n) is 14.7. The van der Waals surface area contributed by atoms with Gasteiger partial charge in [-0.05, 0) is 57.2 Å². The Morgan fingerprint density at radius 3 is 2.78 bits per heavy atom. The molecule has 2 nitrogen and oxygen atoms in total. The molecule has 1 aromatic rings. The van der Waals surface area contributed by atoms with Crippen LogP contribution in [0.2, 0.25) is 0 Å². The summed E-state index contributed by atoms with van der Waals surface area (Å²) in [6, 6.07) is 10.1. The van der Waals surface area contributed by atoms with Gasteiger partial charge in [0.15, 0.2) is 0 Å². The molecule has 0 saturated carbocycles. The van der Waals surface area contributed by atoms with Crippen molar-refractivity contribution in [1.29, 1.82) is 0 Å². The Bertz CT molecular complexity index is 573. The van der Waals surface area contributed by atoms with Crippen LogP contribution < -0.4 is 4.74 Å². The van der Waals surface area contributed by atoms with Gasteiger partial charge in [-0.15, -0.1) is 0 Å². The standard InChI is InChI=1S/C21H29NO/c1-17-16-21(2,3)22(20-13-8-7-12-19(17)20)14-9-15-23-18-10-5-4-6-11-18/h4-8,10-11,13,17,19H,9,12,14-16H2,1-3H3. The van der Waals surface area contributed by atoms with Crippen LogP contribution in [0.4, 0.5) is 0 Å². The Morgan fingerprint density at radius 1 is 1.22 bits per heavy atom. The molecule has 1 saturated heterocycles. The highest BCUT2D eigenvalue weighted by Gasteiger charge is 2.40. The largest absolute Gasteiger partial charge is 0.494 e. The number of nitrogens with zero attached hydrogens (tertiary/aromatic N) is 1. The normalized spacial score (nSPS) is 25.7. The lowest BCUT2D eigenvalue weighted by Crippen LogP contribution is -2.52. The van der Waals surface area contributed by atoms with Crippen LogP contribution in [-0.2, 0) is 0 Å². The molecule has 0 radical (unpaired) electrons. The van der Waals surface area contributed by atoms with E-state index in [0.717, 1.165) is 31.2 Å². The van der Waals surface area contributed by atoms with Crippen molar-refractivity contribution in [3.05, 3.63) is 54.3 Å². The van der Waals surface area contributed by atoms with E-state index in [-0.39, 0.29) is 5.54 Å². The number of hydrogen-bond acceptors (Lipinski definition) is 2. The van der Waals surface area contributed by atoms with Crippen LogP contribution in [0.1, 0.15) is 40.0 Å². The molecule has 0 N–H and O–H groups in total. The summed E-state index contributed by atoms with van der Waals surface area (Å²) in [5.74, 6) is 2.43. The monoisotopic (exact) mass is 311 g/mol. The van der Waals surface area contributed by atoms with Crippen molar-refractivity contribution in [1.82, 2.24) is 4.90 Å². The average Bonchev–Trinajstić information content (AvgIpc) is 2.54. The summed E-state index contributed by atoms with van der Waals surface area (Å²) < 4.78 is 5.86. The summed E-state index contributed by atoms with van der Waals surface area (Å²) in [6.07, 6.45) is 10.4. The molecule has 1 aliphatic carbocycles. The van der Waals surface area contributed by atoms with Gasteiger partial charge in [-0.3, -0.25) is 0 Å². The topological polar surface area (TPSA) is 12.5 Å². The molecule has 1 heterocycles. The maximum Gasteiger partial charge on any atom is 0.119 e.